The van der Waals surface area contributed by atoms with E-state index in [0.717, 1.165) is 44.0 Å². The number of rotatable bonds is 6. The molecule has 0 spiro atoms. The third-order valence-corrected chi connectivity index (χ3v) is 5.23. The molecule has 7 nitrogen and oxygen atoms in total. The highest BCUT2D eigenvalue weighted by molar-refractivity contribution is 6.31. The van der Waals surface area contributed by atoms with Crippen LogP contribution in [0, 0.1) is 6.92 Å². The zero-order valence-electron chi connectivity index (χ0n) is 15.7. The van der Waals surface area contributed by atoms with Crippen molar-refractivity contribution >= 4 is 17.5 Å². The second-order valence-corrected chi connectivity index (χ2v) is 7.63. The fourth-order valence-electron chi connectivity index (χ4n) is 3.40. The van der Waals surface area contributed by atoms with Crippen molar-refractivity contribution in [2.24, 2.45) is 0 Å². The van der Waals surface area contributed by atoms with Crippen LogP contribution < -0.4 is 0 Å². The Labute approximate surface area is 159 Å². The van der Waals surface area contributed by atoms with E-state index >= 15 is 0 Å². The zero-order chi connectivity index (χ0) is 18.7. The molecule has 1 fully saturated rings. The third kappa shape index (κ3) is 4.45. The smallest absolute Gasteiger partial charge is 0.244 e. The second-order valence-electron chi connectivity index (χ2n) is 7.22. The minimum Gasteiger partial charge on any atom is -0.340 e. The predicted octanol–water partition coefficient (Wildman–Crippen LogP) is 2.01. The highest BCUT2D eigenvalue weighted by atomic mass is 35.5. The molecule has 1 aliphatic rings. The number of piperidine rings is 1. The standard InChI is InChI=1S/C18H27ClN6O/c1-14-16(19)12-25(21-14)13-17(26)24-7-4-5-15(11-24)18-20-6-8-23(18)10-9-22(2)3/h6,8,12,15H,4-5,7,9-11,13H2,1-3H3. The number of carbonyl (C=O) groups is 1. The van der Waals surface area contributed by atoms with E-state index in [0.29, 0.717) is 11.6 Å². The minimum absolute atomic E-state index is 0.0836. The van der Waals surface area contributed by atoms with Crippen LogP contribution >= 0.6 is 11.6 Å². The Morgan fingerprint density at radius 1 is 1.42 bits per heavy atom. The number of hydrogen-bond donors (Lipinski definition) is 0. The van der Waals surface area contributed by atoms with Gasteiger partial charge in [0.2, 0.25) is 5.91 Å². The molecule has 0 bridgehead atoms. The number of imidazole rings is 1. The SMILES string of the molecule is Cc1nn(CC(=O)N2CCCC(c3nccn3CCN(C)C)C2)cc1Cl. The van der Waals surface area contributed by atoms with E-state index in [2.05, 4.69) is 33.6 Å². The fraction of sp³-hybridized carbons (Fsp3) is 0.611. The molecule has 2 aromatic heterocycles. The van der Waals surface area contributed by atoms with Gasteiger partial charge in [0.15, 0.2) is 0 Å². The highest BCUT2D eigenvalue weighted by Gasteiger charge is 2.27. The summed E-state index contributed by atoms with van der Waals surface area (Å²) in [5.74, 6) is 1.45. The zero-order valence-corrected chi connectivity index (χ0v) is 16.5. The molecule has 1 unspecified atom stereocenters. The van der Waals surface area contributed by atoms with Crippen LogP contribution in [-0.4, -0.2) is 68.8 Å². The first-order chi connectivity index (χ1) is 12.4. The second kappa shape index (κ2) is 8.22. The van der Waals surface area contributed by atoms with Crippen LogP contribution in [0.15, 0.2) is 18.6 Å². The molecule has 2 aromatic rings. The van der Waals surface area contributed by atoms with Crippen molar-refractivity contribution in [1.29, 1.82) is 0 Å². The molecule has 0 radical (unpaired) electrons. The molecular weight excluding hydrogens is 352 g/mol. The van der Waals surface area contributed by atoms with E-state index in [1.807, 2.05) is 24.2 Å². The first kappa shape index (κ1) is 18.9. The van der Waals surface area contributed by atoms with E-state index < -0.39 is 0 Å². The molecular formula is C18H27ClN6O. The van der Waals surface area contributed by atoms with Gasteiger partial charge in [-0.2, -0.15) is 5.10 Å². The number of carbonyl (C=O) groups excluding carboxylic acids is 1. The Hall–Kier alpha value is -1.86. The largest absolute Gasteiger partial charge is 0.340 e. The van der Waals surface area contributed by atoms with Crippen molar-refractivity contribution in [1.82, 2.24) is 29.1 Å². The van der Waals surface area contributed by atoms with Gasteiger partial charge in [-0.3, -0.25) is 9.48 Å². The number of amides is 1. The number of hydrogen-bond acceptors (Lipinski definition) is 4. The third-order valence-electron chi connectivity index (χ3n) is 4.86. The van der Waals surface area contributed by atoms with Crippen molar-refractivity contribution in [2.45, 2.75) is 38.8 Å². The van der Waals surface area contributed by atoms with Gasteiger partial charge in [0.25, 0.3) is 0 Å². The van der Waals surface area contributed by atoms with Gasteiger partial charge < -0.3 is 14.4 Å². The van der Waals surface area contributed by atoms with E-state index in [9.17, 15) is 4.79 Å². The normalized spacial score (nSPS) is 17.9. The molecule has 3 rings (SSSR count). The van der Waals surface area contributed by atoms with Crippen LogP contribution in [0.25, 0.3) is 0 Å². The number of likely N-dealkylation sites (N-methyl/N-ethyl adjacent to an activating group) is 1. The fourth-order valence-corrected chi connectivity index (χ4v) is 3.56. The molecule has 0 N–H and O–H groups in total. The Kier molecular flexibility index (Phi) is 5.98. The molecule has 1 atom stereocenters. The van der Waals surface area contributed by atoms with Crippen molar-refractivity contribution in [2.75, 3.05) is 33.7 Å². The maximum atomic E-state index is 12.7. The number of halogens is 1. The lowest BCUT2D eigenvalue weighted by atomic mass is 9.97. The summed E-state index contributed by atoms with van der Waals surface area (Å²) >= 11 is 6.04. The predicted molar refractivity (Wildman–Crippen MR) is 101 cm³/mol. The van der Waals surface area contributed by atoms with E-state index in [1.54, 1.807) is 10.9 Å². The van der Waals surface area contributed by atoms with Crippen LogP contribution in [0.4, 0.5) is 0 Å². The Bertz CT molecular complexity index is 733. The number of nitrogens with zero attached hydrogens (tertiary/aromatic N) is 6. The molecule has 8 heteroatoms. The van der Waals surface area contributed by atoms with E-state index in [4.69, 9.17) is 11.6 Å². The van der Waals surface area contributed by atoms with Gasteiger partial charge in [-0.1, -0.05) is 11.6 Å². The van der Waals surface area contributed by atoms with Gasteiger partial charge in [0.05, 0.1) is 10.7 Å². The van der Waals surface area contributed by atoms with Gasteiger partial charge in [0.1, 0.15) is 12.4 Å². The Morgan fingerprint density at radius 2 is 2.23 bits per heavy atom. The summed E-state index contributed by atoms with van der Waals surface area (Å²) < 4.78 is 3.84. The van der Waals surface area contributed by atoms with Crippen molar-refractivity contribution < 1.29 is 4.79 Å². The lowest BCUT2D eigenvalue weighted by Gasteiger charge is -2.32. The number of aromatic nitrogens is 4. The van der Waals surface area contributed by atoms with E-state index in [1.165, 1.54) is 0 Å². The Balaban J connectivity index is 1.64. The summed E-state index contributed by atoms with van der Waals surface area (Å²) in [4.78, 5) is 21.4. The average molecular weight is 379 g/mol. The quantitative estimate of drug-likeness (QED) is 0.771. The number of likely N-dealkylation sites (tertiary alicyclic amines) is 1. The monoisotopic (exact) mass is 378 g/mol. The summed E-state index contributed by atoms with van der Waals surface area (Å²) in [6.07, 6.45) is 7.67. The molecule has 1 saturated heterocycles. The molecule has 0 aliphatic carbocycles. The summed E-state index contributed by atoms with van der Waals surface area (Å²) in [6.45, 7) is 5.46. The maximum absolute atomic E-state index is 12.7. The van der Waals surface area contributed by atoms with Crippen LogP contribution in [0.2, 0.25) is 5.02 Å². The minimum atomic E-state index is 0.0836. The first-order valence-corrected chi connectivity index (χ1v) is 9.45. The summed E-state index contributed by atoms with van der Waals surface area (Å²) in [5, 5.41) is 4.88. The molecule has 142 valence electrons. The van der Waals surface area contributed by atoms with Crippen LogP contribution in [0.1, 0.15) is 30.3 Å². The molecule has 26 heavy (non-hydrogen) atoms. The molecule has 3 heterocycles. The lowest BCUT2D eigenvalue weighted by Crippen LogP contribution is -2.41. The van der Waals surface area contributed by atoms with Crippen LogP contribution in [-0.2, 0) is 17.9 Å². The number of aryl methyl sites for hydroxylation is 1. The molecule has 1 amide bonds. The highest BCUT2D eigenvalue weighted by Crippen LogP contribution is 2.26. The van der Waals surface area contributed by atoms with Gasteiger partial charge >= 0.3 is 0 Å². The molecule has 1 aliphatic heterocycles. The van der Waals surface area contributed by atoms with E-state index in [-0.39, 0.29) is 18.4 Å². The summed E-state index contributed by atoms with van der Waals surface area (Å²) in [7, 11) is 4.14. The van der Waals surface area contributed by atoms with Gasteiger partial charge in [0, 0.05) is 50.7 Å². The maximum Gasteiger partial charge on any atom is 0.244 e. The van der Waals surface area contributed by atoms with Crippen molar-refractivity contribution in [3.05, 3.63) is 35.1 Å². The Morgan fingerprint density at radius 3 is 2.92 bits per heavy atom. The first-order valence-electron chi connectivity index (χ1n) is 9.07. The summed E-state index contributed by atoms with van der Waals surface area (Å²) in [6, 6.07) is 0. The van der Waals surface area contributed by atoms with Crippen molar-refractivity contribution in [3.8, 4) is 0 Å². The topological polar surface area (TPSA) is 59.2 Å². The molecule has 0 aromatic carbocycles. The van der Waals surface area contributed by atoms with Crippen molar-refractivity contribution in [3.63, 3.8) is 0 Å². The van der Waals surface area contributed by atoms with Gasteiger partial charge in [-0.25, -0.2) is 4.98 Å². The molecule has 0 saturated carbocycles. The average Bonchev–Trinajstić information content (AvgIpc) is 3.19. The lowest BCUT2D eigenvalue weighted by molar-refractivity contribution is -0.133. The van der Waals surface area contributed by atoms with Gasteiger partial charge in [-0.15, -0.1) is 0 Å². The van der Waals surface area contributed by atoms with Gasteiger partial charge in [-0.05, 0) is 33.9 Å². The van der Waals surface area contributed by atoms with Crippen LogP contribution in [0.3, 0.4) is 0 Å². The van der Waals surface area contributed by atoms with Crippen LogP contribution in [0.5, 0.6) is 0 Å². The summed E-state index contributed by atoms with van der Waals surface area (Å²) in [5.41, 5.74) is 0.749.